The molecule has 1 heterocycles. The van der Waals surface area contributed by atoms with Crippen molar-refractivity contribution in [1.82, 2.24) is 4.98 Å². The van der Waals surface area contributed by atoms with Crippen LogP contribution in [-0.2, 0) is 9.53 Å². The zero-order valence-electron chi connectivity index (χ0n) is 7.95. The molecule has 7 heteroatoms. The second-order valence-corrected chi connectivity index (χ2v) is 3.07. The van der Waals surface area contributed by atoms with Gasteiger partial charge in [0.2, 0.25) is 0 Å². The van der Waals surface area contributed by atoms with Gasteiger partial charge in [-0.1, -0.05) is 5.11 Å². The number of ether oxygens (including phenoxy) is 1. The summed E-state index contributed by atoms with van der Waals surface area (Å²) in [7, 11) is 0. The molecule has 78 valence electrons. The van der Waals surface area contributed by atoms with E-state index in [-0.39, 0.29) is 12.3 Å². The maximum absolute atomic E-state index is 11.3. The van der Waals surface area contributed by atoms with Crippen LogP contribution in [-0.4, -0.2) is 17.6 Å². The smallest absolute Gasteiger partial charge is 0.340 e. The molecule has 0 spiro atoms. The maximum atomic E-state index is 11.3. The topological polar surface area (TPSA) is 88.0 Å². The first-order valence-electron chi connectivity index (χ1n) is 4.10. The third-order valence-electron chi connectivity index (χ3n) is 1.37. The van der Waals surface area contributed by atoms with E-state index in [4.69, 9.17) is 10.3 Å². The van der Waals surface area contributed by atoms with Gasteiger partial charge in [-0.05, 0) is 18.5 Å². The molecule has 0 aliphatic heterocycles. The first-order valence-corrected chi connectivity index (χ1v) is 5.04. The van der Waals surface area contributed by atoms with Crippen LogP contribution in [0.2, 0.25) is 0 Å². The third-order valence-corrected chi connectivity index (χ3v) is 1.98. The van der Waals surface area contributed by atoms with E-state index in [0.29, 0.717) is 5.69 Å². The lowest BCUT2D eigenvalue weighted by Gasteiger charge is -1.99. The molecule has 6 nitrogen and oxygen atoms in total. The van der Waals surface area contributed by atoms with Crippen molar-refractivity contribution in [3.63, 3.8) is 0 Å². The number of hydrogen-bond acceptors (Lipinski definition) is 5. The van der Waals surface area contributed by atoms with Crippen molar-refractivity contribution in [2.75, 3.05) is 6.61 Å². The summed E-state index contributed by atoms with van der Waals surface area (Å²) >= 11 is 1.38. The van der Waals surface area contributed by atoms with Crippen LogP contribution >= 0.6 is 11.3 Å². The summed E-state index contributed by atoms with van der Waals surface area (Å²) < 4.78 is 4.71. The number of thiazole rings is 1. The van der Waals surface area contributed by atoms with Crippen LogP contribution in [0.4, 0.5) is 0 Å². The van der Waals surface area contributed by atoms with E-state index in [1.54, 1.807) is 17.8 Å². The zero-order chi connectivity index (χ0) is 11.1. The molecule has 0 N–H and O–H groups in total. The van der Waals surface area contributed by atoms with E-state index < -0.39 is 5.97 Å². The Balaban J connectivity index is 2.92. The van der Waals surface area contributed by atoms with Gasteiger partial charge in [0, 0.05) is 10.3 Å². The molecular weight excluding hydrogens is 216 g/mol. The Morgan fingerprint density at radius 2 is 2.67 bits per heavy atom. The van der Waals surface area contributed by atoms with Crippen LogP contribution in [0.5, 0.6) is 0 Å². The number of nitrogens with zero attached hydrogens (tertiary/aromatic N) is 4. The molecule has 0 saturated carbocycles. The Morgan fingerprint density at radius 1 is 1.87 bits per heavy atom. The molecule has 0 aromatic carbocycles. The van der Waals surface area contributed by atoms with E-state index >= 15 is 0 Å². The summed E-state index contributed by atoms with van der Waals surface area (Å²) in [5.74, 6) is -0.650. The molecule has 0 aliphatic carbocycles. The second kappa shape index (κ2) is 5.79. The predicted molar refractivity (Wildman–Crippen MR) is 55.9 cm³/mol. The fourth-order valence-electron chi connectivity index (χ4n) is 0.815. The quantitative estimate of drug-likeness (QED) is 0.258. The largest absolute Gasteiger partial charge is 0.462 e. The van der Waals surface area contributed by atoms with Gasteiger partial charge in [0.1, 0.15) is 5.70 Å². The summed E-state index contributed by atoms with van der Waals surface area (Å²) in [6, 6.07) is 0. The van der Waals surface area contributed by atoms with Gasteiger partial charge in [-0.2, -0.15) is 0 Å². The van der Waals surface area contributed by atoms with Gasteiger partial charge in [0.15, 0.2) is 0 Å². The molecule has 0 aliphatic rings. The van der Waals surface area contributed by atoms with Gasteiger partial charge in [-0.15, -0.1) is 11.3 Å². The monoisotopic (exact) mass is 224 g/mol. The van der Waals surface area contributed by atoms with Crippen molar-refractivity contribution >= 4 is 23.4 Å². The minimum absolute atomic E-state index is 0.0924. The highest BCUT2D eigenvalue weighted by Crippen LogP contribution is 2.10. The van der Waals surface area contributed by atoms with Gasteiger partial charge in [-0.25, -0.2) is 9.78 Å². The Hall–Kier alpha value is -1.85. The standard InChI is InChI=1S/C8H8N4O2S/c1-2-14-8(13)7(11-12-9)3-6-4-15-5-10-6/h3-5H,2H2,1H3. The third kappa shape index (κ3) is 3.41. The van der Waals surface area contributed by atoms with Crippen molar-refractivity contribution in [3.8, 4) is 0 Å². The molecule has 15 heavy (non-hydrogen) atoms. The molecular formula is C8H8N4O2S. The van der Waals surface area contributed by atoms with Gasteiger partial charge in [0.05, 0.1) is 17.8 Å². The van der Waals surface area contributed by atoms with Crippen LogP contribution in [0.3, 0.4) is 0 Å². The normalized spacial score (nSPS) is 10.6. The highest BCUT2D eigenvalue weighted by molar-refractivity contribution is 7.07. The summed E-state index contributed by atoms with van der Waals surface area (Å²) in [6.07, 6.45) is 1.38. The van der Waals surface area contributed by atoms with Crippen LogP contribution < -0.4 is 0 Å². The van der Waals surface area contributed by atoms with Crippen molar-refractivity contribution < 1.29 is 9.53 Å². The molecule has 1 rings (SSSR count). The first kappa shape index (κ1) is 11.2. The molecule has 0 bridgehead atoms. The SMILES string of the molecule is CCOC(=O)C(=Cc1cscn1)N=[N+]=[N-]. The van der Waals surface area contributed by atoms with Crippen molar-refractivity contribution in [3.05, 3.63) is 32.7 Å². The van der Waals surface area contributed by atoms with Crippen molar-refractivity contribution in [2.24, 2.45) is 5.11 Å². The average Bonchev–Trinajstić information content (AvgIpc) is 2.70. The summed E-state index contributed by atoms with van der Waals surface area (Å²) in [5.41, 5.74) is 10.4. The Morgan fingerprint density at radius 3 is 3.20 bits per heavy atom. The molecule has 1 aromatic heterocycles. The van der Waals surface area contributed by atoms with E-state index in [2.05, 4.69) is 15.0 Å². The average molecular weight is 224 g/mol. The van der Waals surface area contributed by atoms with Gasteiger partial charge >= 0.3 is 5.97 Å². The van der Waals surface area contributed by atoms with E-state index in [1.807, 2.05) is 0 Å². The minimum Gasteiger partial charge on any atom is -0.462 e. The number of carbonyl (C=O) groups excluding carboxylic acids is 1. The first-order chi connectivity index (χ1) is 7.27. The molecule has 0 saturated heterocycles. The maximum Gasteiger partial charge on any atom is 0.340 e. The van der Waals surface area contributed by atoms with Gasteiger partial charge < -0.3 is 4.74 Å². The molecule has 0 unspecified atom stereocenters. The van der Waals surface area contributed by atoms with Crippen LogP contribution in [0, 0.1) is 0 Å². The molecule has 0 radical (unpaired) electrons. The summed E-state index contributed by atoms with van der Waals surface area (Å²) in [4.78, 5) is 17.8. The number of hydrogen-bond donors (Lipinski definition) is 0. The molecule has 0 atom stereocenters. The molecule has 0 amide bonds. The summed E-state index contributed by atoms with van der Waals surface area (Å²) in [6.45, 7) is 1.91. The van der Waals surface area contributed by atoms with Gasteiger partial charge in [-0.3, -0.25) is 0 Å². The van der Waals surface area contributed by atoms with Gasteiger partial charge in [0.25, 0.3) is 0 Å². The van der Waals surface area contributed by atoms with E-state index in [0.717, 1.165) is 0 Å². The van der Waals surface area contributed by atoms with E-state index in [1.165, 1.54) is 17.4 Å². The molecule has 1 aromatic rings. The Bertz CT molecular complexity index is 406. The van der Waals surface area contributed by atoms with Crippen molar-refractivity contribution in [1.29, 1.82) is 0 Å². The Kier molecular flexibility index (Phi) is 4.33. The predicted octanol–water partition coefficient (Wildman–Crippen LogP) is 2.36. The lowest BCUT2D eigenvalue weighted by atomic mass is 10.3. The number of esters is 1. The highest BCUT2D eigenvalue weighted by Gasteiger charge is 2.08. The number of rotatable bonds is 4. The lowest BCUT2D eigenvalue weighted by molar-refractivity contribution is -0.138. The van der Waals surface area contributed by atoms with Crippen LogP contribution in [0.25, 0.3) is 16.5 Å². The summed E-state index contributed by atoms with van der Waals surface area (Å²) in [5, 5.41) is 4.98. The van der Waals surface area contributed by atoms with Crippen molar-refractivity contribution in [2.45, 2.75) is 6.92 Å². The van der Waals surface area contributed by atoms with E-state index in [9.17, 15) is 4.79 Å². The lowest BCUT2D eigenvalue weighted by Crippen LogP contribution is -2.05. The fraction of sp³-hybridized carbons (Fsp3) is 0.250. The highest BCUT2D eigenvalue weighted by atomic mass is 32.1. The Labute approximate surface area is 89.8 Å². The van der Waals surface area contributed by atoms with Crippen LogP contribution in [0.1, 0.15) is 12.6 Å². The number of azide groups is 1. The minimum atomic E-state index is -0.650. The van der Waals surface area contributed by atoms with Crippen LogP contribution in [0.15, 0.2) is 21.7 Å². The number of carbonyl (C=O) groups is 1. The second-order valence-electron chi connectivity index (χ2n) is 2.35. The zero-order valence-corrected chi connectivity index (χ0v) is 8.77. The molecule has 0 fully saturated rings. The fourth-order valence-corrected chi connectivity index (χ4v) is 1.33. The number of aromatic nitrogens is 1.